The second-order valence-corrected chi connectivity index (χ2v) is 7.44. The molecule has 0 atom stereocenters. The van der Waals surface area contributed by atoms with Crippen molar-refractivity contribution in [3.8, 4) is 0 Å². The summed E-state index contributed by atoms with van der Waals surface area (Å²) in [6, 6.07) is 14.0. The Morgan fingerprint density at radius 1 is 1.00 bits per heavy atom. The fourth-order valence-corrected chi connectivity index (χ4v) is 2.67. The fourth-order valence-electron chi connectivity index (χ4n) is 2.12. The van der Waals surface area contributed by atoms with Gasteiger partial charge < -0.3 is 5.32 Å². The number of hydrogen-bond acceptors (Lipinski definition) is 3. The zero-order chi connectivity index (χ0) is 17.0. The summed E-state index contributed by atoms with van der Waals surface area (Å²) in [6.07, 6.45) is 1.07. The number of rotatable bonds is 5. The fraction of sp³-hybridized carbons (Fsp3) is 0.235. The molecule has 0 saturated heterocycles. The lowest BCUT2D eigenvalue weighted by atomic mass is 10.0. The molecule has 0 fully saturated rings. The summed E-state index contributed by atoms with van der Waals surface area (Å²) in [7, 11) is -3.38. The first kappa shape index (κ1) is 17.0. The lowest BCUT2D eigenvalue weighted by Gasteiger charge is -2.10. The lowest BCUT2D eigenvalue weighted by Crippen LogP contribution is -2.14. The Morgan fingerprint density at radius 2 is 1.65 bits per heavy atom. The van der Waals surface area contributed by atoms with E-state index in [4.69, 9.17) is 0 Å². The third-order valence-electron chi connectivity index (χ3n) is 3.24. The summed E-state index contributed by atoms with van der Waals surface area (Å²) in [4.78, 5) is 12.3. The van der Waals surface area contributed by atoms with Crippen molar-refractivity contribution in [3.63, 3.8) is 0 Å². The Labute approximate surface area is 136 Å². The van der Waals surface area contributed by atoms with Crippen LogP contribution < -0.4 is 10.0 Å². The number of amides is 1. The van der Waals surface area contributed by atoms with Crippen LogP contribution in [0, 0.1) is 0 Å². The van der Waals surface area contributed by atoms with Gasteiger partial charge in [-0.25, -0.2) is 8.42 Å². The average molecular weight is 332 g/mol. The number of carbonyl (C=O) groups is 1. The van der Waals surface area contributed by atoms with Gasteiger partial charge in [0.1, 0.15) is 0 Å². The summed E-state index contributed by atoms with van der Waals surface area (Å²) >= 11 is 0. The Hall–Kier alpha value is -2.34. The van der Waals surface area contributed by atoms with Crippen LogP contribution in [0.25, 0.3) is 0 Å². The van der Waals surface area contributed by atoms with Gasteiger partial charge >= 0.3 is 0 Å². The molecule has 0 radical (unpaired) electrons. The average Bonchev–Trinajstić information content (AvgIpc) is 2.46. The van der Waals surface area contributed by atoms with Crippen LogP contribution in [-0.2, 0) is 10.0 Å². The third-order valence-corrected chi connectivity index (χ3v) is 3.85. The molecule has 0 aliphatic heterocycles. The molecule has 2 rings (SSSR count). The number of hydrogen-bond donors (Lipinski definition) is 2. The summed E-state index contributed by atoms with van der Waals surface area (Å²) in [5.41, 5.74) is 2.59. The minimum atomic E-state index is -3.38. The molecule has 122 valence electrons. The molecular formula is C17H20N2O3S. The molecule has 6 heteroatoms. The molecule has 0 aliphatic carbocycles. The molecule has 2 N–H and O–H groups in total. The van der Waals surface area contributed by atoms with E-state index >= 15 is 0 Å². The van der Waals surface area contributed by atoms with Gasteiger partial charge in [-0.15, -0.1) is 0 Å². The van der Waals surface area contributed by atoms with Gasteiger partial charge in [-0.1, -0.05) is 32.0 Å². The first-order valence-electron chi connectivity index (χ1n) is 7.24. The van der Waals surface area contributed by atoms with Crippen LogP contribution in [0.1, 0.15) is 35.7 Å². The summed E-state index contributed by atoms with van der Waals surface area (Å²) in [5.74, 6) is 0.0807. The van der Waals surface area contributed by atoms with Crippen molar-refractivity contribution in [2.75, 3.05) is 16.3 Å². The van der Waals surface area contributed by atoms with Crippen LogP contribution in [0.4, 0.5) is 11.4 Å². The number of anilines is 2. The van der Waals surface area contributed by atoms with E-state index in [-0.39, 0.29) is 5.91 Å². The van der Waals surface area contributed by atoms with Crippen LogP contribution in [0.2, 0.25) is 0 Å². The second-order valence-electron chi connectivity index (χ2n) is 5.69. The quantitative estimate of drug-likeness (QED) is 0.881. The van der Waals surface area contributed by atoms with E-state index in [0.29, 0.717) is 22.9 Å². The van der Waals surface area contributed by atoms with E-state index in [1.54, 1.807) is 18.2 Å². The Bertz CT molecular complexity index is 814. The van der Waals surface area contributed by atoms with Crippen LogP contribution in [0.3, 0.4) is 0 Å². The van der Waals surface area contributed by atoms with Crippen molar-refractivity contribution in [2.24, 2.45) is 0 Å². The van der Waals surface area contributed by atoms with Crippen molar-refractivity contribution in [2.45, 2.75) is 19.8 Å². The van der Waals surface area contributed by atoms with E-state index in [0.717, 1.165) is 11.8 Å². The van der Waals surface area contributed by atoms with Gasteiger partial charge in [0.2, 0.25) is 10.0 Å². The number of nitrogens with one attached hydrogen (secondary N) is 2. The highest BCUT2D eigenvalue weighted by atomic mass is 32.2. The largest absolute Gasteiger partial charge is 0.322 e. The molecule has 0 aromatic heterocycles. The lowest BCUT2D eigenvalue weighted by molar-refractivity contribution is 0.102. The Morgan fingerprint density at radius 3 is 2.30 bits per heavy atom. The highest BCUT2D eigenvalue weighted by Gasteiger charge is 2.09. The smallest absolute Gasteiger partial charge is 0.255 e. The molecule has 0 unspecified atom stereocenters. The van der Waals surface area contributed by atoms with E-state index < -0.39 is 10.0 Å². The molecule has 23 heavy (non-hydrogen) atoms. The van der Waals surface area contributed by atoms with Crippen LogP contribution >= 0.6 is 0 Å². The van der Waals surface area contributed by atoms with E-state index in [9.17, 15) is 13.2 Å². The standard InChI is InChI=1S/C17H20N2O3S/c1-12(2)13-6-4-8-15(10-13)18-17(20)14-7-5-9-16(11-14)19-23(3,21)22/h4-12,19H,1-3H3,(H,18,20). The third kappa shape index (κ3) is 5.10. The molecule has 1 amide bonds. The summed E-state index contributed by atoms with van der Waals surface area (Å²) < 4.78 is 24.9. The minimum absolute atomic E-state index is 0.289. The van der Waals surface area contributed by atoms with Crippen LogP contribution in [0.5, 0.6) is 0 Å². The molecule has 5 nitrogen and oxygen atoms in total. The van der Waals surface area contributed by atoms with Gasteiger partial charge in [0.15, 0.2) is 0 Å². The normalized spacial score (nSPS) is 11.3. The maximum Gasteiger partial charge on any atom is 0.255 e. The molecule has 0 heterocycles. The van der Waals surface area contributed by atoms with Crippen LogP contribution in [0.15, 0.2) is 48.5 Å². The molecular weight excluding hydrogens is 312 g/mol. The molecule has 2 aromatic carbocycles. The van der Waals surface area contributed by atoms with Crippen molar-refractivity contribution in [1.29, 1.82) is 0 Å². The molecule has 0 bridgehead atoms. The molecule has 0 spiro atoms. The molecule has 2 aromatic rings. The van der Waals surface area contributed by atoms with Crippen molar-refractivity contribution < 1.29 is 13.2 Å². The predicted molar refractivity (Wildman–Crippen MR) is 93.4 cm³/mol. The Kier molecular flexibility index (Phi) is 5.05. The van der Waals surface area contributed by atoms with Crippen molar-refractivity contribution in [3.05, 3.63) is 59.7 Å². The van der Waals surface area contributed by atoms with Crippen LogP contribution in [-0.4, -0.2) is 20.6 Å². The van der Waals surface area contributed by atoms with Gasteiger partial charge in [0.05, 0.1) is 6.26 Å². The number of sulfonamides is 1. The van der Waals surface area contributed by atoms with Gasteiger partial charge in [-0.3, -0.25) is 9.52 Å². The highest BCUT2D eigenvalue weighted by molar-refractivity contribution is 7.92. The zero-order valence-corrected chi connectivity index (χ0v) is 14.1. The number of carbonyl (C=O) groups excluding carboxylic acids is 1. The molecule has 0 aliphatic rings. The molecule has 0 saturated carbocycles. The maximum atomic E-state index is 12.3. The summed E-state index contributed by atoms with van der Waals surface area (Å²) in [6.45, 7) is 4.17. The van der Waals surface area contributed by atoms with Gasteiger partial charge in [-0.2, -0.15) is 0 Å². The summed E-state index contributed by atoms with van der Waals surface area (Å²) in [5, 5.41) is 2.83. The van der Waals surface area contributed by atoms with E-state index in [2.05, 4.69) is 23.9 Å². The van der Waals surface area contributed by atoms with Gasteiger partial charge in [0, 0.05) is 16.9 Å². The van der Waals surface area contributed by atoms with Gasteiger partial charge in [0.25, 0.3) is 5.91 Å². The Balaban J connectivity index is 2.18. The van der Waals surface area contributed by atoms with E-state index in [1.165, 1.54) is 6.07 Å². The van der Waals surface area contributed by atoms with Gasteiger partial charge in [-0.05, 0) is 41.8 Å². The number of benzene rings is 2. The first-order chi connectivity index (χ1) is 10.7. The van der Waals surface area contributed by atoms with E-state index in [1.807, 2.05) is 24.3 Å². The van der Waals surface area contributed by atoms with Crippen molar-refractivity contribution in [1.82, 2.24) is 0 Å². The minimum Gasteiger partial charge on any atom is -0.322 e. The van der Waals surface area contributed by atoms with Crippen molar-refractivity contribution >= 4 is 27.3 Å². The monoisotopic (exact) mass is 332 g/mol. The topological polar surface area (TPSA) is 75.3 Å². The predicted octanol–water partition coefficient (Wildman–Crippen LogP) is 3.43. The second kappa shape index (κ2) is 6.83. The SMILES string of the molecule is CC(C)c1cccc(NC(=O)c2cccc(NS(C)(=O)=O)c2)c1. The highest BCUT2D eigenvalue weighted by Crippen LogP contribution is 2.19. The zero-order valence-electron chi connectivity index (χ0n) is 13.3. The first-order valence-corrected chi connectivity index (χ1v) is 9.13. The maximum absolute atomic E-state index is 12.3.